The van der Waals surface area contributed by atoms with Crippen molar-refractivity contribution in [2.45, 2.75) is 38.5 Å². The van der Waals surface area contributed by atoms with E-state index in [0.29, 0.717) is 0 Å². The zero-order valence-electron chi connectivity index (χ0n) is 38.8. The highest BCUT2D eigenvalue weighted by Gasteiger charge is 2.43. The van der Waals surface area contributed by atoms with Gasteiger partial charge in [-0.1, -0.05) is 179 Å². The predicted molar refractivity (Wildman–Crippen MR) is 287 cm³/mol. The first kappa shape index (κ1) is 40.1. The summed E-state index contributed by atoms with van der Waals surface area (Å²) in [7, 11) is 0. The summed E-state index contributed by atoms with van der Waals surface area (Å²) in [6, 6.07) is 85.2. The highest BCUT2D eigenvalue weighted by atomic mass is 15.1. The molecule has 0 spiro atoms. The fourth-order valence-electron chi connectivity index (χ4n) is 11.8. The lowest BCUT2D eigenvalue weighted by Gasteiger charge is -2.28. The molecule has 2 heteroatoms. The average Bonchev–Trinajstić information content (AvgIpc) is 3.93. The number of anilines is 3. The van der Waals surface area contributed by atoms with Crippen LogP contribution in [0.1, 0.15) is 49.9 Å². The van der Waals surface area contributed by atoms with Crippen LogP contribution in [0.3, 0.4) is 0 Å². The molecule has 0 saturated heterocycles. The van der Waals surface area contributed by atoms with E-state index in [1.807, 2.05) is 0 Å². The van der Waals surface area contributed by atoms with Crippen molar-refractivity contribution in [1.82, 2.24) is 4.57 Å². The number of rotatable bonds is 7. The minimum Gasteiger partial charge on any atom is -0.310 e. The Morgan fingerprint density at radius 1 is 0.309 bits per heavy atom. The summed E-state index contributed by atoms with van der Waals surface area (Å²) in [5.74, 6) is 0. The van der Waals surface area contributed by atoms with Gasteiger partial charge in [-0.25, -0.2) is 0 Å². The Balaban J connectivity index is 0.903. The summed E-state index contributed by atoms with van der Waals surface area (Å²) in [6.45, 7) is 9.65. The topological polar surface area (TPSA) is 8.17 Å². The first-order valence-corrected chi connectivity index (χ1v) is 23.9. The van der Waals surface area contributed by atoms with E-state index in [2.05, 4.69) is 268 Å². The van der Waals surface area contributed by atoms with E-state index < -0.39 is 0 Å². The van der Waals surface area contributed by atoms with Gasteiger partial charge in [0.05, 0.1) is 11.0 Å². The molecule has 1 aromatic heterocycles. The van der Waals surface area contributed by atoms with Crippen LogP contribution in [0.25, 0.3) is 83.1 Å². The summed E-state index contributed by atoms with van der Waals surface area (Å²) in [4.78, 5) is 2.43. The zero-order valence-corrected chi connectivity index (χ0v) is 38.8. The Morgan fingerprint density at radius 2 is 0.809 bits per heavy atom. The summed E-state index contributed by atoms with van der Waals surface area (Å²) in [6.07, 6.45) is 0. The molecule has 0 bridgehead atoms. The number of aromatic nitrogens is 1. The van der Waals surface area contributed by atoms with Gasteiger partial charge in [-0.05, 0) is 157 Å². The van der Waals surface area contributed by atoms with Crippen molar-refractivity contribution in [2.75, 3.05) is 4.90 Å². The van der Waals surface area contributed by atoms with Gasteiger partial charge in [-0.15, -0.1) is 0 Å². The van der Waals surface area contributed by atoms with Crippen LogP contribution in [0.4, 0.5) is 17.1 Å². The lowest BCUT2D eigenvalue weighted by molar-refractivity contribution is 0.653. The van der Waals surface area contributed by atoms with E-state index >= 15 is 0 Å². The standard InChI is InChI=1S/C66H50N2/c1-65(2)59-40-51(36-37-53(59)56-41-61-57(42-60(56)65)55-25-16-24-52(64(55)66(61,3)4)46-19-10-6-11-20-46)67(49-32-27-44(28-33-49)43-17-8-5-9-18-43)50-34-29-45(30-35-50)47-31-38-63-58(39-47)54-23-14-15-26-62(54)68(63)48-21-12-7-13-22-48/h5-42H,1-4H3. The quantitative estimate of drug-likeness (QED) is 0.155. The summed E-state index contributed by atoms with van der Waals surface area (Å²) in [5.41, 5.74) is 25.0. The third-order valence-corrected chi connectivity index (χ3v) is 15.2. The molecule has 0 amide bonds. The summed E-state index contributed by atoms with van der Waals surface area (Å²) < 4.78 is 2.38. The maximum atomic E-state index is 2.53. The molecule has 0 atom stereocenters. The highest BCUT2D eigenvalue weighted by molar-refractivity contribution is 6.10. The highest BCUT2D eigenvalue weighted by Crippen LogP contribution is 2.58. The number of benzene rings is 10. The summed E-state index contributed by atoms with van der Waals surface area (Å²) in [5, 5.41) is 2.51. The van der Waals surface area contributed by atoms with E-state index in [1.54, 1.807) is 0 Å². The SMILES string of the molecule is CC1(C)c2cc(N(c3ccc(-c4ccccc4)cc3)c3ccc(-c4ccc5c(c4)c4ccccc4n5-c4ccccc4)cc3)ccc2-c2cc3c(cc21)-c1cccc(-c2ccccc2)c1C3(C)C. The Bertz CT molecular complexity index is 3750. The third kappa shape index (κ3) is 6.10. The van der Waals surface area contributed by atoms with Crippen LogP contribution in [0.15, 0.2) is 231 Å². The van der Waals surface area contributed by atoms with Gasteiger partial charge in [-0.3, -0.25) is 0 Å². The van der Waals surface area contributed by atoms with E-state index in [9.17, 15) is 0 Å². The Kier molecular flexibility index (Phi) is 8.95. The van der Waals surface area contributed by atoms with E-state index in [0.717, 1.165) is 17.1 Å². The second kappa shape index (κ2) is 15.2. The number of nitrogens with zero attached hydrogens (tertiary/aromatic N) is 2. The Hall–Kier alpha value is -8.20. The minimum atomic E-state index is -0.214. The molecule has 68 heavy (non-hydrogen) atoms. The summed E-state index contributed by atoms with van der Waals surface area (Å²) >= 11 is 0. The number of para-hydroxylation sites is 2. The molecule has 11 aromatic rings. The molecule has 2 nitrogen and oxygen atoms in total. The van der Waals surface area contributed by atoms with Crippen molar-refractivity contribution in [3.05, 3.63) is 253 Å². The van der Waals surface area contributed by atoms with Gasteiger partial charge in [0.15, 0.2) is 0 Å². The molecular formula is C66H50N2. The second-order valence-electron chi connectivity index (χ2n) is 19.7. The van der Waals surface area contributed by atoms with Gasteiger partial charge in [0, 0.05) is 44.4 Å². The fourth-order valence-corrected chi connectivity index (χ4v) is 11.8. The van der Waals surface area contributed by atoms with Gasteiger partial charge in [-0.2, -0.15) is 0 Å². The fraction of sp³-hybridized carbons (Fsp3) is 0.0909. The van der Waals surface area contributed by atoms with E-state index in [4.69, 9.17) is 0 Å². The molecule has 0 saturated carbocycles. The number of hydrogen-bond donors (Lipinski definition) is 0. The van der Waals surface area contributed by atoms with Crippen LogP contribution >= 0.6 is 0 Å². The van der Waals surface area contributed by atoms with Crippen LogP contribution < -0.4 is 4.90 Å². The predicted octanol–water partition coefficient (Wildman–Crippen LogP) is 17.9. The Morgan fingerprint density at radius 3 is 1.50 bits per heavy atom. The van der Waals surface area contributed by atoms with Gasteiger partial charge in [0.1, 0.15) is 0 Å². The lowest BCUT2D eigenvalue weighted by atomic mass is 9.77. The molecule has 0 aliphatic heterocycles. The van der Waals surface area contributed by atoms with E-state index in [-0.39, 0.29) is 10.8 Å². The van der Waals surface area contributed by atoms with Crippen LogP contribution in [0.5, 0.6) is 0 Å². The van der Waals surface area contributed by atoms with E-state index in [1.165, 1.54) is 105 Å². The van der Waals surface area contributed by atoms with Crippen LogP contribution in [-0.2, 0) is 10.8 Å². The molecule has 0 fully saturated rings. The van der Waals surface area contributed by atoms with Crippen molar-refractivity contribution in [3.63, 3.8) is 0 Å². The van der Waals surface area contributed by atoms with Gasteiger partial charge in [0.2, 0.25) is 0 Å². The van der Waals surface area contributed by atoms with Crippen molar-refractivity contribution in [3.8, 4) is 61.3 Å². The van der Waals surface area contributed by atoms with Gasteiger partial charge in [0.25, 0.3) is 0 Å². The zero-order chi connectivity index (χ0) is 45.7. The lowest BCUT2D eigenvalue weighted by Crippen LogP contribution is -2.18. The van der Waals surface area contributed by atoms with Crippen molar-refractivity contribution < 1.29 is 0 Å². The third-order valence-electron chi connectivity index (χ3n) is 15.2. The first-order chi connectivity index (χ1) is 33.2. The molecule has 2 aliphatic carbocycles. The second-order valence-corrected chi connectivity index (χ2v) is 19.7. The van der Waals surface area contributed by atoms with Gasteiger partial charge < -0.3 is 9.47 Å². The molecule has 13 rings (SSSR count). The Labute approximate surface area is 399 Å². The number of fused-ring (bicyclic) bond motifs is 9. The van der Waals surface area contributed by atoms with Crippen molar-refractivity contribution >= 4 is 38.9 Å². The molecular weight excluding hydrogens is 821 g/mol. The first-order valence-electron chi connectivity index (χ1n) is 23.9. The molecule has 0 radical (unpaired) electrons. The monoisotopic (exact) mass is 870 g/mol. The van der Waals surface area contributed by atoms with Crippen molar-refractivity contribution in [1.29, 1.82) is 0 Å². The average molecular weight is 871 g/mol. The molecule has 0 unspecified atom stereocenters. The van der Waals surface area contributed by atoms with Crippen LogP contribution in [0, 0.1) is 0 Å². The maximum Gasteiger partial charge on any atom is 0.0541 e. The maximum absolute atomic E-state index is 2.53. The minimum absolute atomic E-state index is 0.152. The largest absolute Gasteiger partial charge is 0.310 e. The van der Waals surface area contributed by atoms with Gasteiger partial charge >= 0.3 is 0 Å². The molecule has 2 aliphatic rings. The van der Waals surface area contributed by atoms with Crippen molar-refractivity contribution in [2.24, 2.45) is 0 Å². The molecule has 1 heterocycles. The normalized spacial score (nSPS) is 13.8. The molecule has 0 N–H and O–H groups in total. The number of hydrogen-bond acceptors (Lipinski definition) is 1. The van der Waals surface area contributed by atoms with Crippen LogP contribution in [-0.4, -0.2) is 4.57 Å². The van der Waals surface area contributed by atoms with Crippen LogP contribution in [0.2, 0.25) is 0 Å². The smallest absolute Gasteiger partial charge is 0.0541 e. The molecule has 10 aromatic carbocycles. The molecule has 324 valence electrons.